The van der Waals surface area contributed by atoms with Gasteiger partial charge in [-0.05, 0) is 40.2 Å². The van der Waals surface area contributed by atoms with E-state index < -0.39 is 0 Å². The Kier molecular flexibility index (Phi) is 3.62. The van der Waals surface area contributed by atoms with Gasteiger partial charge in [0.25, 0.3) is 0 Å². The summed E-state index contributed by atoms with van der Waals surface area (Å²) in [6.07, 6.45) is 1.68. The predicted octanol–water partition coefficient (Wildman–Crippen LogP) is 4.11. The van der Waals surface area contributed by atoms with Crippen LogP contribution in [0.15, 0.2) is 41.0 Å². The molecule has 1 aromatic carbocycles. The molecule has 0 aliphatic heterocycles. The van der Waals surface area contributed by atoms with E-state index >= 15 is 0 Å². The number of rotatable bonds is 2. The number of nitrogens with zero attached hydrogens (tertiary/aromatic N) is 2. The van der Waals surface area contributed by atoms with Crippen LogP contribution in [0.3, 0.4) is 0 Å². The van der Waals surface area contributed by atoms with Crippen LogP contribution < -0.4 is 5.32 Å². The molecule has 2 rings (SSSR count). The van der Waals surface area contributed by atoms with Crippen LogP contribution in [-0.4, -0.2) is 4.98 Å². The first-order valence-electron chi connectivity index (χ1n) is 4.78. The van der Waals surface area contributed by atoms with Crippen LogP contribution in [0, 0.1) is 11.3 Å². The van der Waals surface area contributed by atoms with Crippen LogP contribution in [-0.2, 0) is 0 Å². The van der Waals surface area contributed by atoms with Gasteiger partial charge in [0, 0.05) is 10.7 Å². The maximum Gasteiger partial charge on any atom is 0.130 e. The molecule has 0 aliphatic rings. The number of anilines is 2. The van der Waals surface area contributed by atoms with Crippen molar-refractivity contribution in [1.29, 1.82) is 5.26 Å². The fraction of sp³-hybridized carbons (Fsp3) is 0. The highest BCUT2D eigenvalue weighted by atomic mass is 79.9. The Bertz CT molecular complexity index is 578. The molecule has 0 atom stereocenters. The molecule has 1 aromatic heterocycles. The van der Waals surface area contributed by atoms with Crippen molar-refractivity contribution in [3.8, 4) is 6.07 Å². The van der Waals surface area contributed by atoms with E-state index in [0.29, 0.717) is 26.6 Å². The van der Waals surface area contributed by atoms with Crippen molar-refractivity contribution >= 4 is 39.0 Å². The molecule has 3 nitrogen and oxygen atoms in total. The highest BCUT2D eigenvalue weighted by Gasteiger charge is 2.10. The third kappa shape index (κ3) is 2.57. The van der Waals surface area contributed by atoms with Gasteiger partial charge in [-0.1, -0.05) is 17.7 Å². The maximum atomic E-state index is 9.09. The number of hydrogen-bond donors (Lipinski definition) is 1. The van der Waals surface area contributed by atoms with Crippen molar-refractivity contribution < 1.29 is 0 Å². The zero-order chi connectivity index (χ0) is 12.3. The average molecular weight is 309 g/mol. The van der Waals surface area contributed by atoms with Crippen LogP contribution in [0.5, 0.6) is 0 Å². The summed E-state index contributed by atoms with van der Waals surface area (Å²) >= 11 is 9.31. The van der Waals surface area contributed by atoms with Crippen LogP contribution in [0.4, 0.5) is 11.5 Å². The lowest BCUT2D eigenvalue weighted by Crippen LogP contribution is -1.96. The zero-order valence-electron chi connectivity index (χ0n) is 8.61. The third-order valence-corrected chi connectivity index (χ3v) is 3.42. The Hall–Kier alpha value is -1.57. The van der Waals surface area contributed by atoms with Crippen LogP contribution in [0.25, 0.3) is 0 Å². The molecule has 1 heterocycles. The topological polar surface area (TPSA) is 48.7 Å². The van der Waals surface area contributed by atoms with E-state index in [9.17, 15) is 0 Å². The van der Waals surface area contributed by atoms with Gasteiger partial charge in [-0.15, -0.1) is 0 Å². The first kappa shape index (κ1) is 11.9. The summed E-state index contributed by atoms with van der Waals surface area (Å²) in [5.41, 5.74) is 1.03. The van der Waals surface area contributed by atoms with Crippen molar-refractivity contribution in [1.82, 2.24) is 4.98 Å². The lowest BCUT2D eigenvalue weighted by molar-refractivity contribution is 1.30. The van der Waals surface area contributed by atoms with Gasteiger partial charge in [0.1, 0.15) is 11.9 Å². The smallest absolute Gasteiger partial charge is 0.130 e. The average Bonchev–Trinajstić information content (AvgIpc) is 2.36. The lowest BCUT2D eigenvalue weighted by Gasteiger charge is -2.09. The number of aromatic nitrogens is 1. The van der Waals surface area contributed by atoms with E-state index in [1.165, 1.54) is 0 Å². The maximum absolute atomic E-state index is 9.09. The first-order chi connectivity index (χ1) is 8.22. The molecule has 0 aliphatic carbocycles. The summed E-state index contributed by atoms with van der Waals surface area (Å²) in [5, 5.41) is 12.5. The molecular formula is C12H7BrClN3. The standard InChI is InChI=1S/C12H7BrClN3/c13-9-4-5-10(8(7-15)12(9)14)17-11-3-1-2-6-16-11/h1-6H,(H,16,17). The summed E-state index contributed by atoms with van der Waals surface area (Å²) in [6, 6.07) is 11.1. The van der Waals surface area contributed by atoms with Gasteiger partial charge in [-0.3, -0.25) is 0 Å². The van der Waals surface area contributed by atoms with Gasteiger partial charge in [0.15, 0.2) is 0 Å². The lowest BCUT2D eigenvalue weighted by atomic mass is 10.2. The second-order valence-corrected chi connectivity index (χ2v) is 4.47. The molecule has 0 unspecified atom stereocenters. The van der Waals surface area contributed by atoms with Gasteiger partial charge in [0.2, 0.25) is 0 Å². The molecule has 0 bridgehead atoms. The molecule has 0 amide bonds. The molecule has 0 radical (unpaired) electrons. The SMILES string of the molecule is N#Cc1c(Nc2ccccn2)ccc(Br)c1Cl. The van der Waals surface area contributed by atoms with Crippen LogP contribution in [0.2, 0.25) is 5.02 Å². The summed E-state index contributed by atoms with van der Waals surface area (Å²) in [6.45, 7) is 0. The van der Waals surface area contributed by atoms with Crippen molar-refractivity contribution in [2.45, 2.75) is 0 Å². The van der Waals surface area contributed by atoms with E-state index in [1.54, 1.807) is 18.3 Å². The molecule has 84 valence electrons. The number of benzene rings is 1. The number of pyridine rings is 1. The molecule has 0 spiro atoms. The van der Waals surface area contributed by atoms with Gasteiger partial charge >= 0.3 is 0 Å². The monoisotopic (exact) mass is 307 g/mol. The quantitative estimate of drug-likeness (QED) is 0.908. The molecule has 1 N–H and O–H groups in total. The Morgan fingerprint density at radius 2 is 2.12 bits per heavy atom. The van der Waals surface area contributed by atoms with Crippen LogP contribution in [0.1, 0.15) is 5.56 Å². The summed E-state index contributed by atoms with van der Waals surface area (Å²) in [5.74, 6) is 0.669. The van der Waals surface area contributed by atoms with Crippen molar-refractivity contribution in [3.63, 3.8) is 0 Å². The fourth-order valence-electron chi connectivity index (χ4n) is 1.34. The van der Waals surface area contributed by atoms with E-state index in [-0.39, 0.29) is 0 Å². The molecular weight excluding hydrogens is 302 g/mol. The largest absolute Gasteiger partial charge is 0.339 e. The minimum Gasteiger partial charge on any atom is -0.339 e. The van der Waals surface area contributed by atoms with Gasteiger partial charge in [-0.2, -0.15) is 5.26 Å². The minimum absolute atomic E-state index is 0.395. The molecule has 17 heavy (non-hydrogen) atoms. The van der Waals surface area contributed by atoms with Gasteiger partial charge < -0.3 is 5.32 Å². The molecule has 0 saturated carbocycles. The van der Waals surface area contributed by atoms with Crippen molar-refractivity contribution in [2.24, 2.45) is 0 Å². The second-order valence-electron chi connectivity index (χ2n) is 3.24. The number of nitrogens with one attached hydrogen (secondary N) is 1. The Morgan fingerprint density at radius 1 is 1.29 bits per heavy atom. The second kappa shape index (κ2) is 5.17. The van der Waals surface area contributed by atoms with E-state index in [0.717, 1.165) is 0 Å². The van der Waals surface area contributed by atoms with Gasteiger partial charge in [0.05, 0.1) is 16.3 Å². The predicted molar refractivity (Wildman–Crippen MR) is 71.4 cm³/mol. The fourth-order valence-corrected chi connectivity index (χ4v) is 1.88. The third-order valence-electron chi connectivity index (χ3n) is 2.13. The molecule has 0 saturated heterocycles. The number of nitriles is 1. The van der Waals surface area contributed by atoms with E-state index in [1.807, 2.05) is 18.2 Å². The van der Waals surface area contributed by atoms with E-state index in [4.69, 9.17) is 16.9 Å². The highest BCUT2D eigenvalue weighted by molar-refractivity contribution is 9.10. The highest BCUT2D eigenvalue weighted by Crippen LogP contribution is 2.32. The van der Waals surface area contributed by atoms with Crippen molar-refractivity contribution in [3.05, 3.63) is 51.6 Å². The molecule has 5 heteroatoms. The number of halogens is 2. The van der Waals surface area contributed by atoms with E-state index in [2.05, 4.69) is 32.3 Å². The Balaban J connectivity index is 2.41. The summed E-state index contributed by atoms with van der Waals surface area (Å²) < 4.78 is 0.697. The number of hydrogen-bond acceptors (Lipinski definition) is 3. The molecule has 2 aromatic rings. The first-order valence-corrected chi connectivity index (χ1v) is 5.95. The van der Waals surface area contributed by atoms with Crippen molar-refractivity contribution in [2.75, 3.05) is 5.32 Å². The zero-order valence-corrected chi connectivity index (χ0v) is 11.0. The summed E-state index contributed by atoms with van der Waals surface area (Å²) in [7, 11) is 0. The normalized spacial score (nSPS) is 9.71. The Labute approximate surface area is 112 Å². The van der Waals surface area contributed by atoms with Gasteiger partial charge in [-0.25, -0.2) is 4.98 Å². The molecule has 0 fully saturated rings. The van der Waals surface area contributed by atoms with Crippen LogP contribution >= 0.6 is 27.5 Å². The minimum atomic E-state index is 0.395. The Morgan fingerprint density at radius 3 is 2.76 bits per heavy atom. The summed E-state index contributed by atoms with van der Waals surface area (Å²) in [4.78, 5) is 4.13.